The molecular weight excluding hydrogens is 474 g/mol. The number of carbonyl (C=O) groups is 2. The molecule has 1 aromatic carbocycles. The summed E-state index contributed by atoms with van der Waals surface area (Å²) in [5.74, 6) is 0.733. The quantitative estimate of drug-likeness (QED) is 0.358. The number of ether oxygens (including phenoxy) is 3. The van der Waals surface area contributed by atoms with Gasteiger partial charge in [0.2, 0.25) is 0 Å². The second-order valence-electron chi connectivity index (χ2n) is 9.45. The highest BCUT2D eigenvalue weighted by atomic mass is 16.6. The Morgan fingerprint density at radius 2 is 2.00 bits per heavy atom. The number of carbonyl (C=O) groups excluding carboxylic acids is 2. The van der Waals surface area contributed by atoms with Gasteiger partial charge in [0, 0.05) is 6.54 Å². The Morgan fingerprint density at radius 1 is 1.16 bits per heavy atom. The summed E-state index contributed by atoms with van der Waals surface area (Å²) >= 11 is 0. The van der Waals surface area contributed by atoms with Crippen LogP contribution in [0, 0.1) is 0 Å². The molecule has 2 aromatic heterocycles. The van der Waals surface area contributed by atoms with Crippen molar-refractivity contribution in [3.63, 3.8) is 0 Å². The molecular formula is C27H31N5O5. The zero-order valence-corrected chi connectivity index (χ0v) is 21.5. The monoisotopic (exact) mass is 505 g/mol. The molecule has 10 nitrogen and oxygen atoms in total. The van der Waals surface area contributed by atoms with Crippen LogP contribution in [-0.4, -0.2) is 50.6 Å². The van der Waals surface area contributed by atoms with E-state index in [-0.39, 0.29) is 18.0 Å². The molecule has 0 radical (unpaired) electrons. The third-order valence-corrected chi connectivity index (χ3v) is 5.34. The highest BCUT2D eigenvalue weighted by Gasteiger charge is 2.33. The lowest BCUT2D eigenvalue weighted by molar-refractivity contribution is 0.0562. The van der Waals surface area contributed by atoms with Gasteiger partial charge in [-0.25, -0.2) is 9.78 Å². The van der Waals surface area contributed by atoms with E-state index in [2.05, 4.69) is 22.1 Å². The molecule has 1 aliphatic heterocycles. The number of nitrogens with zero attached hydrogens (tertiary/aromatic N) is 5. The predicted octanol–water partition coefficient (Wildman–Crippen LogP) is 5.05. The fourth-order valence-corrected chi connectivity index (χ4v) is 3.59. The summed E-state index contributed by atoms with van der Waals surface area (Å²) in [4.78, 5) is 32.9. The SMILES string of the molecule is CCCCOc1ccc2c(c1)C(=O)N(C(=O)OC(C)(C)C)c1cccc(n1)-c1nncn1C/C=C/CO2. The number of amides is 2. The molecule has 2 amide bonds. The van der Waals surface area contributed by atoms with Crippen LogP contribution in [0.5, 0.6) is 11.5 Å². The average Bonchev–Trinajstić information content (AvgIpc) is 3.32. The number of unbranched alkanes of at least 4 members (excludes halogenated alkanes) is 1. The summed E-state index contributed by atoms with van der Waals surface area (Å²) in [5, 5.41) is 8.18. The van der Waals surface area contributed by atoms with Gasteiger partial charge in [-0.1, -0.05) is 25.5 Å². The van der Waals surface area contributed by atoms with E-state index in [1.807, 2.05) is 16.7 Å². The zero-order chi connectivity index (χ0) is 26.4. The molecule has 194 valence electrons. The number of allylic oxidation sites excluding steroid dienone is 1. The van der Waals surface area contributed by atoms with Crippen LogP contribution < -0.4 is 14.4 Å². The first-order valence-electron chi connectivity index (χ1n) is 12.2. The number of hydrogen-bond acceptors (Lipinski definition) is 8. The first-order chi connectivity index (χ1) is 17.8. The molecule has 0 spiro atoms. The highest BCUT2D eigenvalue weighted by molar-refractivity contribution is 6.20. The van der Waals surface area contributed by atoms with Gasteiger partial charge in [0.1, 0.15) is 41.5 Å². The topological polar surface area (TPSA) is 109 Å². The molecule has 0 fully saturated rings. The van der Waals surface area contributed by atoms with E-state index in [4.69, 9.17) is 14.2 Å². The number of fused-ring (bicyclic) bond motifs is 5. The number of rotatable bonds is 4. The molecule has 0 N–H and O–H groups in total. The average molecular weight is 506 g/mol. The summed E-state index contributed by atoms with van der Waals surface area (Å²) in [7, 11) is 0. The summed E-state index contributed by atoms with van der Waals surface area (Å²) in [6, 6.07) is 10.0. The van der Waals surface area contributed by atoms with Gasteiger partial charge < -0.3 is 18.8 Å². The third kappa shape index (κ3) is 6.32. The van der Waals surface area contributed by atoms with E-state index in [0.717, 1.165) is 17.7 Å². The summed E-state index contributed by atoms with van der Waals surface area (Å²) in [5.41, 5.74) is -0.237. The standard InChI is InChI=1S/C27H31N5O5/c1-5-6-15-35-19-12-13-22-20(17-19)25(33)32(26(34)37-27(2,3)4)23-11-9-10-21(29-23)24-30-28-18-31(24)14-7-8-16-36-22/h7-13,17-18H,5-6,14-16H2,1-4H3/b8-7+. The fraction of sp³-hybridized carbons (Fsp3) is 0.370. The molecule has 0 unspecified atom stereocenters. The largest absolute Gasteiger partial charge is 0.494 e. The van der Waals surface area contributed by atoms with Gasteiger partial charge in [-0.2, -0.15) is 4.90 Å². The zero-order valence-electron chi connectivity index (χ0n) is 21.5. The number of pyridine rings is 1. The maximum atomic E-state index is 14.0. The minimum Gasteiger partial charge on any atom is -0.494 e. The molecule has 37 heavy (non-hydrogen) atoms. The van der Waals surface area contributed by atoms with E-state index in [1.54, 1.807) is 63.5 Å². The van der Waals surface area contributed by atoms with Crippen molar-refractivity contribution in [3.8, 4) is 23.0 Å². The second-order valence-corrected chi connectivity index (χ2v) is 9.45. The Labute approximate surface area is 215 Å². The number of imide groups is 1. The number of anilines is 1. The van der Waals surface area contributed by atoms with Gasteiger partial charge in [0.05, 0.1) is 12.2 Å². The minimum absolute atomic E-state index is 0.0853. The normalized spacial score (nSPS) is 14.6. The Morgan fingerprint density at radius 3 is 2.78 bits per heavy atom. The van der Waals surface area contributed by atoms with E-state index < -0.39 is 17.6 Å². The Hall–Kier alpha value is -4.21. The van der Waals surface area contributed by atoms with Crippen LogP contribution in [0.15, 0.2) is 54.9 Å². The minimum atomic E-state index is -0.862. The smallest absolute Gasteiger partial charge is 0.423 e. The molecule has 1 aliphatic rings. The Balaban J connectivity index is 1.84. The van der Waals surface area contributed by atoms with E-state index in [0.29, 0.717) is 36.2 Å². The summed E-state index contributed by atoms with van der Waals surface area (Å²) in [6.07, 6.45) is 6.33. The number of aromatic nitrogens is 4. The van der Waals surface area contributed by atoms with Crippen LogP contribution in [0.3, 0.4) is 0 Å². The predicted molar refractivity (Wildman–Crippen MR) is 138 cm³/mol. The highest BCUT2D eigenvalue weighted by Crippen LogP contribution is 2.30. The van der Waals surface area contributed by atoms with Crippen molar-refractivity contribution in [2.24, 2.45) is 0 Å². The van der Waals surface area contributed by atoms with Crippen LogP contribution >= 0.6 is 0 Å². The molecule has 3 heterocycles. The van der Waals surface area contributed by atoms with Crippen LogP contribution in [0.1, 0.15) is 50.9 Å². The maximum Gasteiger partial charge on any atom is 0.423 e. The summed E-state index contributed by atoms with van der Waals surface area (Å²) in [6.45, 7) is 8.47. The third-order valence-electron chi connectivity index (χ3n) is 5.34. The lowest BCUT2D eigenvalue weighted by Gasteiger charge is -2.26. The van der Waals surface area contributed by atoms with Crippen LogP contribution in [-0.2, 0) is 11.3 Å². The lowest BCUT2D eigenvalue weighted by Crippen LogP contribution is -2.41. The van der Waals surface area contributed by atoms with Crippen molar-refractivity contribution in [2.45, 2.75) is 52.7 Å². The van der Waals surface area contributed by atoms with Gasteiger partial charge in [-0.3, -0.25) is 4.79 Å². The van der Waals surface area contributed by atoms with Crippen molar-refractivity contribution in [3.05, 3.63) is 60.4 Å². The van der Waals surface area contributed by atoms with Crippen molar-refractivity contribution in [1.82, 2.24) is 19.7 Å². The van der Waals surface area contributed by atoms with E-state index >= 15 is 0 Å². The molecule has 4 rings (SSSR count). The maximum absolute atomic E-state index is 14.0. The number of hydrogen-bond donors (Lipinski definition) is 0. The van der Waals surface area contributed by atoms with Crippen molar-refractivity contribution < 1.29 is 23.8 Å². The van der Waals surface area contributed by atoms with Gasteiger partial charge in [0.15, 0.2) is 5.82 Å². The van der Waals surface area contributed by atoms with Gasteiger partial charge in [-0.05, 0) is 63.6 Å². The van der Waals surface area contributed by atoms with Crippen molar-refractivity contribution in [2.75, 3.05) is 18.1 Å². The van der Waals surface area contributed by atoms with Crippen LogP contribution in [0.4, 0.5) is 10.6 Å². The number of benzene rings is 1. The molecule has 0 aliphatic carbocycles. The molecule has 3 aromatic rings. The van der Waals surface area contributed by atoms with Gasteiger partial charge in [-0.15, -0.1) is 10.2 Å². The van der Waals surface area contributed by atoms with Crippen LogP contribution in [0.2, 0.25) is 0 Å². The molecule has 10 heteroatoms. The fourth-order valence-electron chi connectivity index (χ4n) is 3.59. The molecule has 0 saturated heterocycles. The van der Waals surface area contributed by atoms with E-state index in [1.165, 1.54) is 0 Å². The second kappa shape index (κ2) is 11.2. The summed E-state index contributed by atoms with van der Waals surface area (Å²) < 4.78 is 19.2. The lowest BCUT2D eigenvalue weighted by atomic mass is 10.1. The first-order valence-corrected chi connectivity index (χ1v) is 12.2. The van der Waals surface area contributed by atoms with Gasteiger partial charge >= 0.3 is 6.09 Å². The van der Waals surface area contributed by atoms with Crippen molar-refractivity contribution >= 4 is 17.8 Å². The van der Waals surface area contributed by atoms with E-state index in [9.17, 15) is 9.59 Å². The molecule has 0 atom stereocenters. The molecule has 0 saturated carbocycles. The Bertz CT molecular complexity index is 1290. The molecule has 2 bridgehead atoms. The first kappa shape index (κ1) is 25.9. The van der Waals surface area contributed by atoms with Crippen molar-refractivity contribution in [1.29, 1.82) is 0 Å². The Kier molecular flexibility index (Phi) is 7.86. The van der Waals surface area contributed by atoms with Crippen LogP contribution in [0.25, 0.3) is 11.5 Å². The van der Waals surface area contributed by atoms with Gasteiger partial charge in [0.25, 0.3) is 5.91 Å².